The maximum absolute atomic E-state index is 12.2. The summed E-state index contributed by atoms with van der Waals surface area (Å²) in [6.45, 7) is 5.43. The van der Waals surface area contributed by atoms with Crippen LogP contribution in [0.4, 0.5) is 0 Å². The Morgan fingerprint density at radius 2 is 1.76 bits per heavy atom. The van der Waals surface area contributed by atoms with Gasteiger partial charge in [-0.3, -0.25) is 14.3 Å². The molecular weight excluding hydrogens is 294 g/mol. The molecule has 0 aliphatic carbocycles. The van der Waals surface area contributed by atoms with Crippen molar-refractivity contribution < 1.29 is 18.0 Å². The van der Waals surface area contributed by atoms with Crippen molar-refractivity contribution in [2.75, 3.05) is 24.6 Å². The smallest absolute Gasteiger partial charge is 0.244 e. The van der Waals surface area contributed by atoms with Crippen LogP contribution in [0, 0.1) is 13.8 Å². The van der Waals surface area contributed by atoms with Gasteiger partial charge < -0.3 is 4.90 Å². The van der Waals surface area contributed by atoms with E-state index in [1.54, 1.807) is 13.8 Å². The summed E-state index contributed by atoms with van der Waals surface area (Å²) in [5.41, 5.74) is 1.82. The first-order valence-electron chi connectivity index (χ1n) is 6.74. The highest BCUT2D eigenvalue weighted by Crippen LogP contribution is 2.14. The first-order valence-corrected chi connectivity index (χ1v) is 8.56. The summed E-state index contributed by atoms with van der Waals surface area (Å²) in [7, 11) is -3.01. The number of nitrogens with zero attached hydrogens (tertiary/aromatic N) is 3. The molecule has 21 heavy (non-hydrogen) atoms. The Hall–Kier alpha value is -1.70. The van der Waals surface area contributed by atoms with Crippen LogP contribution in [-0.4, -0.2) is 59.4 Å². The molecule has 0 N–H and O–H groups in total. The highest BCUT2D eigenvalue weighted by molar-refractivity contribution is 7.91. The van der Waals surface area contributed by atoms with E-state index in [2.05, 4.69) is 5.10 Å². The fourth-order valence-corrected chi connectivity index (χ4v) is 3.75. The van der Waals surface area contributed by atoms with Gasteiger partial charge in [-0.15, -0.1) is 0 Å². The van der Waals surface area contributed by atoms with Crippen molar-refractivity contribution in [3.8, 4) is 0 Å². The molecule has 1 aromatic heterocycles. The lowest BCUT2D eigenvalue weighted by atomic mass is 10.1. The van der Waals surface area contributed by atoms with Crippen molar-refractivity contribution in [3.05, 3.63) is 17.0 Å². The fourth-order valence-electron chi connectivity index (χ4n) is 2.55. The lowest BCUT2D eigenvalue weighted by molar-refractivity contribution is -0.131. The van der Waals surface area contributed by atoms with Crippen LogP contribution in [0.2, 0.25) is 0 Å². The van der Waals surface area contributed by atoms with E-state index in [0.29, 0.717) is 17.0 Å². The summed E-state index contributed by atoms with van der Waals surface area (Å²) in [4.78, 5) is 25.3. The summed E-state index contributed by atoms with van der Waals surface area (Å²) < 4.78 is 24.2. The lowest BCUT2D eigenvalue weighted by Gasteiger charge is -2.26. The van der Waals surface area contributed by atoms with Crippen molar-refractivity contribution in [2.45, 2.75) is 27.3 Å². The molecule has 2 heterocycles. The van der Waals surface area contributed by atoms with Gasteiger partial charge in [-0.1, -0.05) is 0 Å². The number of Topliss-reactive ketones (excluding diaryl/α,β-unsaturated/α-hetero) is 1. The number of hydrogen-bond acceptors (Lipinski definition) is 5. The molecule has 0 bridgehead atoms. The Balaban J connectivity index is 2.11. The summed E-state index contributed by atoms with van der Waals surface area (Å²) in [5, 5.41) is 4.22. The van der Waals surface area contributed by atoms with Gasteiger partial charge in [0.2, 0.25) is 5.91 Å². The maximum Gasteiger partial charge on any atom is 0.244 e. The van der Waals surface area contributed by atoms with Crippen LogP contribution >= 0.6 is 0 Å². The Bertz CT molecular complexity index is 677. The normalized spacial score (nSPS) is 17.8. The molecule has 0 spiro atoms. The third kappa shape index (κ3) is 3.31. The molecule has 0 saturated carbocycles. The lowest BCUT2D eigenvalue weighted by Crippen LogP contribution is -2.45. The zero-order valence-electron chi connectivity index (χ0n) is 12.4. The third-order valence-electron chi connectivity index (χ3n) is 3.72. The third-order valence-corrected chi connectivity index (χ3v) is 5.32. The zero-order chi connectivity index (χ0) is 15.8. The van der Waals surface area contributed by atoms with E-state index in [-0.39, 0.29) is 42.8 Å². The Kier molecular flexibility index (Phi) is 4.18. The number of rotatable bonds is 3. The van der Waals surface area contributed by atoms with Crippen LogP contribution < -0.4 is 0 Å². The van der Waals surface area contributed by atoms with E-state index in [1.165, 1.54) is 16.5 Å². The second kappa shape index (κ2) is 5.59. The number of amides is 1. The van der Waals surface area contributed by atoms with Gasteiger partial charge in [0.15, 0.2) is 15.6 Å². The molecule has 0 atom stereocenters. The number of hydrogen-bond donors (Lipinski definition) is 0. The predicted octanol–water partition coefficient (Wildman–Crippen LogP) is -0.0405. The maximum atomic E-state index is 12.2. The van der Waals surface area contributed by atoms with Crippen molar-refractivity contribution in [2.24, 2.45) is 0 Å². The van der Waals surface area contributed by atoms with Gasteiger partial charge >= 0.3 is 0 Å². The minimum atomic E-state index is -3.01. The Morgan fingerprint density at radius 1 is 1.19 bits per heavy atom. The predicted molar refractivity (Wildman–Crippen MR) is 76.9 cm³/mol. The van der Waals surface area contributed by atoms with Crippen molar-refractivity contribution in [3.63, 3.8) is 0 Å². The summed E-state index contributed by atoms with van der Waals surface area (Å²) in [6.07, 6.45) is 0. The number of ketones is 1. The van der Waals surface area contributed by atoms with E-state index < -0.39 is 9.84 Å². The number of aryl methyl sites for hydroxylation is 1. The van der Waals surface area contributed by atoms with Gasteiger partial charge in [-0.05, 0) is 20.8 Å². The largest absolute Gasteiger partial charge is 0.339 e. The summed E-state index contributed by atoms with van der Waals surface area (Å²) >= 11 is 0. The first-order chi connectivity index (χ1) is 9.71. The highest BCUT2D eigenvalue weighted by Gasteiger charge is 2.26. The second-order valence-electron chi connectivity index (χ2n) is 5.29. The minimum absolute atomic E-state index is 0.00849. The average molecular weight is 313 g/mol. The molecule has 8 heteroatoms. The van der Waals surface area contributed by atoms with E-state index in [4.69, 9.17) is 0 Å². The first kappa shape index (κ1) is 15.7. The van der Waals surface area contributed by atoms with Crippen molar-refractivity contribution in [1.29, 1.82) is 0 Å². The minimum Gasteiger partial charge on any atom is -0.339 e. The van der Waals surface area contributed by atoms with Gasteiger partial charge in [-0.25, -0.2) is 8.42 Å². The molecule has 0 unspecified atom stereocenters. The molecule has 0 aromatic carbocycles. The average Bonchev–Trinajstić information content (AvgIpc) is 2.64. The van der Waals surface area contributed by atoms with Crippen molar-refractivity contribution in [1.82, 2.24) is 14.7 Å². The van der Waals surface area contributed by atoms with Crippen LogP contribution in [-0.2, 0) is 21.2 Å². The zero-order valence-corrected chi connectivity index (χ0v) is 13.2. The number of aromatic nitrogens is 2. The van der Waals surface area contributed by atoms with E-state index in [1.807, 2.05) is 0 Å². The van der Waals surface area contributed by atoms with Crippen LogP contribution in [0.1, 0.15) is 28.7 Å². The molecule has 1 aliphatic rings. The van der Waals surface area contributed by atoms with Gasteiger partial charge in [-0.2, -0.15) is 5.10 Å². The number of carbonyl (C=O) groups is 2. The Labute approximate surface area is 123 Å². The molecule has 0 radical (unpaired) electrons. The quantitative estimate of drug-likeness (QED) is 0.731. The molecule has 116 valence electrons. The van der Waals surface area contributed by atoms with Gasteiger partial charge in [0.1, 0.15) is 6.54 Å². The molecule has 1 fully saturated rings. The number of carbonyl (C=O) groups excluding carboxylic acids is 2. The molecule has 1 aromatic rings. The van der Waals surface area contributed by atoms with Crippen LogP contribution in [0.25, 0.3) is 0 Å². The molecule has 1 aliphatic heterocycles. The molecule has 7 nitrogen and oxygen atoms in total. The van der Waals surface area contributed by atoms with Gasteiger partial charge in [0, 0.05) is 18.8 Å². The molecule has 1 saturated heterocycles. The fraction of sp³-hybridized carbons (Fsp3) is 0.615. The van der Waals surface area contributed by atoms with Crippen molar-refractivity contribution >= 4 is 21.5 Å². The van der Waals surface area contributed by atoms with Gasteiger partial charge in [0.05, 0.1) is 22.8 Å². The van der Waals surface area contributed by atoms with E-state index in [9.17, 15) is 18.0 Å². The van der Waals surface area contributed by atoms with E-state index in [0.717, 1.165) is 0 Å². The van der Waals surface area contributed by atoms with Crippen LogP contribution in [0.5, 0.6) is 0 Å². The van der Waals surface area contributed by atoms with E-state index >= 15 is 0 Å². The monoisotopic (exact) mass is 313 g/mol. The highest BCUT2D eigenvalue weighted by atomic mass is 32.2. The second-order valence-corrected chi connectivity index (χ2v) is 7.60. The summed E-state index contributed by atoms with van der Waals surface area (Å²) in [6, 6.07) is 0. The SMILES string of the molecule is CC(=O)c1c(C)nn(CC(=O)N2CCS(=O)(=O)CC2)c1C. The number of sulfone groups is 1. The van der Waals surface area contributed by atoms with Crippen LogP contribution in [0.3, 0.4) is 0 Å². The van der Waals surface area contributed by atoms with Crippen LogP contribution in [0.15, 0.2) is 0 Å². The molecule has 2 rings (SSSR count). The molecular formula is C13H19N3O4S. The molecule has 1 amide bonds. The Morgan fingerprint density at radius 3 is 2.24 bits per heavy atom. The standard InChI is InChI=1S/C13H19N3O4S/c1-9-13(11(3)17)10(2)16(14-9)8-12(18)15-4-6-21(19,20)7-5-15/h4-8H2,1-3H3. The summed E-state index contributed by atoms with van der Waals surface area (Å²) in [5.74, 6) is -0.235. The van der Waals surface area contributed by atoms with Gasteiger partial charge in [0.25, 0.3) is 0 Å². The topological polar surface area (TPSA) is 89.3 Å².